The Hall–Kier alpha value is -0.890. The van der Waals surface area contributed by atoms with Crippen molar-refractivity contribution in [1.29, 1.82) is 0 Å². The van der Waals surface area contributed by atoms with Gasteiger partial charge in [-0.2, -0.15) is 0 Å². The number of hydrogen-bond acceptors (Lipinski definition) is 2. The van der Waals surface area contributed by atoms with Crippen molar-refractivity contribution in [2.75, 3.05) is 34.2 Å². The van der Waals surface area contributed by atoms with Gasteiger partial charge in [0, 0.05) is 31.6 Å². The van der Waals surface area contributed by atoms with Crippen LogP contribution in [0.5, 0.6) is 0 Å². The van der Waals surface area contributed by atoms with Gasteiger partial charge in [0.15, 0.2) is 5.96 Å². The predicted molar refractivity (Wildman–Crippen MR) is 112 cm³/mol. The van der Waals surface area contributed by atoms with Crippen LogP contribution >= 0.6 is 24.0 Å². The Morgan fingerprint density at radius 1 is 1.28 bits per heavy atom. The maximum atomic E-state index is 14.1. The molecule has 0 bridgehead atoms. The maximum absolute atomic E-state index is 14.1. The van der Waals surface area contributed by atoms with Gasteiger partial charge >= 0.3 is 0 Å². The second kappa shape index (κ2) is 8.66. The summed E-state index contributed by atoms with van der Waals surface area (Å²) in [7, 11) is 6.07. The van der Waals surface area contributed by atoms with Crippen molar-refractivity contribution >= 4 is 29.9 Å². The van der Waals surface area contributed by atoms with Gasteiger partial charge < -0.3 is 15.5 Å². The largest absolute Gasteiger partial charge is 0.356 e. The molecule has 0 saturated heterocycles. The van der Waals surface area contributed by atoms with Gasteiger partial charge in [-0.1, -0.05) is 18.2 Å². The molecule has 0 heterocycles. The molecule has 2 N–H and O–H groups in total. The predicted octanol–water partition coefficient (Wildman–Crippen LogP) is 2.98. The van der Waals surface area contributed by atoms with E-state index in [0.29, 0.717) is 6.04 Å². The topological polar surface area (TPSA) is 39.7 Å². The number of guanidine groups is 1. The highest BCUT2D eigenvalue weighted by Gasteiger charge is 2.45. The van der Waals surface area contributed by atoms with Crippen LogP contribution in [0.4, 0.5) is 4.39 Å². The molecule has 1 unspecified atom stereocenters. The van der Waals surface area contributed by atoms with Crippen molar-refractivity contribution in [3.8, 4) is 0 Å². The first-order valence-corrected chi connectivity index (χ1v) is 8.92. The fraction of sp³-hybridized carbons (Fsp3) is 0.632. The van der Waals surface area contributed by atoms with Crippen molar-refractivity contribution in [3.63, 3.8) is 0 Å². The van der Waals surface area contributed by atoms with E-state index in [1.807, 2.05) is 12.1 Å². The van der Waals surface area contributed by atoms with Crippen LogP contribution in [-0.4, -0.2) is 51.1 Å². The van der Waals surface area contributed by atoms with Crippen LogP contribution in [0.1, 0.15) is 31.2 Å². The fourth-order valence-electron chi connectivity index (χ4n) is 3.51. The quantitative estimate of drug-likeness (QED) is 0.374. The zero-order valence-corrected chi connectivity index (χ0v) is 17.7. The van der Waals surface area contributed by atoms with E-state index in [1.165, 1.54) is 12.8 Å². The number of rotatable bonds is 7. The summed E-state index contributed by atoms with van der Waals surface area (Å²) < 4.78 is 14.1. The molecule has 140 valence electrons. The summed E-state index contributed by atoms with van der Waals surface area (Å²) >= 11 is 0. The van der Waals surface area contributed by atoms with Gasteiger partial charge in [0.1, 0.15) is 5.82 Å². The molecule has 2 fully saturated rings. The van der Waals surface area contributed by atoms with E-state index in [9.17, 15) is 4.39 Å². The Morgan fingerprint density at radius 3 is 2.48 bits per heavy atom. The number of nitrogens with zero attached hydrogens (tertiary/aromatic N) is 2. The Labute approximate surface area is 167 Å². The first-order valence-electron chi connectivity index (χ1n) is 8.92. The molecular weight excluding hydrogens is 430 g/mol. The third-order valence-corrected chi connectivity index (χ3v) is 5.42. The molecule has 0 aromatic heterocycles. The number of nitrogens with one attached hydrogen (secondary N) is 2. The minimum Gasteiger partial charge on any atom is -0.356 e. The summed E-state index contributed by atoms with van der Waals surface area (Å²) in [5, 5.41) is 6.85. The van der Waals surface area contributed by atoms with Gasteiger partial charge in [-0.15, -0.1) is 24.0 Å². The summed E-state index contributed by atoms with van der Waals surface area (Å²) in [5.74, 6) is 1.52. The van der Waals surface area contributed by atoms with E-state index in [2.05, 4.69) is 34.6 Å². The number of aliphatic imine (C=N–C) groups is 1. The van der Waals surface area contributed by atoms with Crippen molar-refractivity contribution in [1.82, 2.24) is 15.5 Å². The summed E-state index contributed by atoms with van der Waals surface area (Å²) in [6.45, 7) is 1.62. The molecule has 0 aliphatic heterocycles. The van der Waals surface area contributed by atoms with Crippen LogP contribution in [0.3, 0.4) is 0 Å². The normalized spacial score (nSPS) is 20.0. The average molecular weight is 460 g/mol. The third kappa shape index (κ3) is 5.06. The zero-order valence-electron chi connectivity index (χ0n) is 15.4. The van der Waals surface area contributed by atoms with Crippen LogP contribution in [0.15, 0.2) is 29.3 Å². The molecule has 1 aromatic rings. The Morgan fingerprint density at radius 2 is 1.96 bits per heavy atom. The van der Waals surface area contributed by atoms with Crippen molar-refractivity contribution in [3.05, 3.63) is 35.6 Å². The molecule has 0 spiro atoms. The Balaban J connectivity index is 0.00000225. The van der Waals surface area contributed by atoms with Crippen molar-refractivity contribution in [2.45, 2.75) is 37.1 Å². The number of hydrogen-bond donors (Lipinski definition) is 2. The third-order valence-electron chi connectivity index (χ3n) is 5.42. The molecule has 2 saturated carbocycles. The van der Waals surface area contributed by atoms with E-state index in [4.69, 9.17) is 0 Å². The van der Waals surface area contributed by atoms with Crippen LogP contribution < -0.4 is 10.6 Å². The molecule has 6 heteroatoms. The smallest absolute Gasteiger partial charge is 0.191 e. The van der Waals surface area contributed by atoms with Gasteiger partial charge in [0.2, 0.25) is 0 Å². The monoisotopic (exact) mass is 460 g/mol. The van der Waals surface area contributed by atoms with Crippen LogP contribution in [0.25, 0.3) is 0 Å². The molecule has 4 nitrogen and oxygen atoms in total. The van der Waals surface area contributed by atoms with E-state index < -0.39 is 0 Å². The highest BCUT2D eigenvalue weighted by molar-refractivity contribution is 14.0. The summed E-state index contributed by atoms with van der Waals surface area (Å²) in [6, 6.07) is 7.69. The number of halogens is 2. The van der Waals surface area contributed by atoms with Gasteiger partial charge in [0.05, 0.1) is 0 Å². The molecule has 2 aliphatic rings. The first-order chi connectivity index (χ1) is 11.6. The standard InChI is InChI=1S/C19H29FN4.HI/c1-21-18(22-12-17(24(2)3)14-8-9-14)23-13-19(10-11-19)15-6-4-5-7-16(15)20;/h4-7,14,17H,8-13H2,1-3H3,(H2,21,22,23);1H. The molecule has 1 aromatic carbocycles. The minimum absolute atomic E-state index is 0. The molecule has 25 heavy (non-hydrogen) atoms. The van der Waals surface area contributed by atoms with E-state index in [1.54, 1.807) is 19.2 Å². The molecule has 2 aliphatic carbocycles. The zero-order chi connectivity index (χ0) is 17.2. The highest BCUT2D eigenvalue weighted by atomic mass is 127. The minimum atomic E-state index is -0.0962. The second-order valence-corrected chi connectivity index (χ2v) is 7.44. The SMILES string of the molecule is CN=C(NCC(C1CC1)N(C)C)NCC1(c2ccccc2F)CC1.I. The van der Waals surface area contributed by atoms with Crippen molar-refractivity contribution < 1.29 is 4.39 Å². The van der Waals surface area contributed by atoms with E-state index in [0.717, 1.165) is 43.4 Å². The lowest BCUT2D eigenvalue weighted by molar-refractivity contribution is 0.264. The van der Waals surface area contributed by atoms with E-state index >= 15 is 0 Å². The van der Waals surface area contributed by atoms with Crippen LogP contribution in [0.2, 0.25) is 0 Å². The lowest BCUT2D eigenvalue weighted by Gasteiger charge is -2.26. The maximum Gasteiger partial charge on any atom is 0.191 e. The lowest BCUT2D eigenvalue weighted by Crippen LogP contribution is -2.47. The number of benzene rings is 1. The van der Waals surface area contributed by atoms with Crippen molar-refractivity contribution in [2.24, 2.45) is 10.9 Å². The first kappa shape index (κ1) is 20.4. The summed E-state index contributed by atoms with van der Waals surface area (Å²) in [4.78, 5) is 6.62. The second-order valence-electron chi connectivity index (χ2n) is 7.44. The number of likely N-dealkylation sites (N-methyl/N-ethyl adjacent to an activating group) is 1. The summed E-state index contributed by atoms with van der Waals surface area (Å²) in [6.07, 6.45) is 4.71. The molecular formula is C19H30FIN4. The summed E-state index contributed by atoms with van der Waals surface area (Å²) in [5.41, 5.74) is 0.762. The van der Waals surface area contributed by atoms with Gasteiger partial charge in [-0.05, 0) is 57.3 Å². The van der Waals surface area contributed by atoms with Gasteiger partial charge in [0.25, 0.3) is 0 Å². The van der Waals surface area contributed by atoms with Gasteiger partial charge in [-0.3, -0.25) is 4.99 Å². The average Bonchev–Trinajstić information content (AvgIpc) is 3.45. The Bertz CT molecular complexity index is 595. The molecule has 0 radical (unpaired) electrons. The fourth-order valence-corrected chi connectivity index (χ4v) is 3.51. The molecule has 0 amide bonds. The lowest BCUT2D eigenvalue weighted by atomic mass is 9.95. The molecule has 1 atom stereocenters. The van der Waals surface area contributed by atoms with E-state index in [-0.39, 0.29) is 35.2 Å². The highest BCUT2D eigenvalue weighted by Crippen LogP contribution is 2.48. The van der Waals surface area contributed by atoms with Crippen LogP contribution in [-0.2, 0) is 5.41 Å². The Kier molecular flexibility index (Phi) is 7.08. The molecule has 3 rings (SSSR count). The van der Waals surface area contributed by atoms with Crippen LogP contribution in [0, 0.1) is 11.7 Å². The van der Waals surface area contributed by atoms with Gasteiger partial charge in [-0.25, -0.2) is 4.39 Å².